The molecule has 1 N–H and O–H groups in total. The Balaban J connectivity index is 2.06. The Bertz CT molecular complexity index is 573. The average molecular weight is 253 g/mol. The summed E-state index contributed by atoms with van der Waals surface area (Å²) in [6.45, 7) is 3.87. The van der Waals surface area contributed by atoms with Gasteiger partial charge in [-0.1, -0.05) is 36.9 Å². The Kier molecular flexibility index (Phi) is 3.98. The van der Waals surface area contributed by atoms with Crippen LogP contribution < -0.4 is 10.1 Å². The van der Waals surface area contributed by atoms with E-state index in [1.54, 1.807) is 31.4 Å². The molecule has 96 valence electrons. The Morgan fingerprint density at radius 2 is 1.63 bits per heavy atom. The zero-order valence-electron chi connectivity index (χ0n) is 10.7. The highest BCUT2D eigenvalue weighted by atomic mass is 16.5. The number of rotatable bonds is 4. The van der Waals surface area contributed by atoms with Crippen molar-refractivity contribution >= 4 is 11.6 Å². The van der Waals surface area contributed by atoms with Crippen molar-refractivity contribution in [1.82, 2.24) is 5.32 Å². The summed E-state index contributed by atoms with van der Waals surface area (Å²) in [4.78, 5) is 12.0. The van der Waals surface area contributed by atoms with Crippen LogP contribution in [0.4, 0.5) is 0 Å². The second-order valence-electron chi connectivity index (χ2n) is 4.03. The molecule has 0 aliphatic heterocycles. The highest BCUT2D eigenvalue weighted by Crippen LogP contribution is 2.13. The molecule has 0 atom stereocenters. The van der Waals surface area contributed by atoms with E-state index in [4.69, 9.17) is 4.74 Å². The molecule has 19 heavy (non-hydrogen) atoms. The smallest absolute Gasteiger partial charge is 0.255 e. The molecule has 0 heterocycles. The van der Waals surface area contributed by atoms with E-state index in [1.807, 2.05) is 30.3 Å². The summed E-state index contributed by atoms with van der Waals surface area (Å²) in [6, 6.07) is 16.5. The van der Waals surface area contributed by atoms with Crippen LogP contribution in [0.15, 0.2) is 61.2 Å². The predicted molar refractivity (Wildman–Crippen MR) is 75.9 cm³/mol. The third kappa shape index (κ3) is 3.22. The maximum atomic E-state index is 12.0. The maximum Gasteiger partial charge on any atom is 0.255 e. The van der Waals surface area contributed by atoms with Crippen molar-refractivity contribution in [3.63, 3.8) is 0 Å². The van der Waals surface area contributed by atoms with E-state index in [2.05, 4.69) is 11.9 Å². The highest BCUT2D eigenvalue weighted by Gasteiger charge is 2.07. The number of carbonyl (C=O) groups is 1. The summed E-state index contributed by atoms with van der Waals surface area (Å²) < 4.78 is 5.05. The van der Waals surface area contributed by atoms with Crippen LogP contribution in [0.2, 0.25) is 0 Å². The minimum atomic E-state index is -0.184. The lowest BCUT2D eigenvalue weighted by atomic mass is 10.1. The molecule has 2 rings (SSSR count). The van der Waals surface area contributed by atoms with Crippen LogP contribution in [0, 0.1) is 0 Å². The van der Waals surface area contributed by atoms with Gasteiger partial charge in [0.25, 0.3) is 5.91 Å². The first kappa shape index (κ1) is 12.9. The predicted octanol–water partition coefficient (Wildman–Crippen LogP) is 3.10. The van der Waals surface area contributed by atoms with Crippen LogP contribution in [0.3, 0.4) is 0 Å². The van der Waals surface area contributed by atoms with Crippen molar-refractivity contribution in [3.8, 4) is 5.75 Å². The van der Waals surface area contributed by atoms with Gasteiger partial charge in [-0.2, -0.15) is 0 Å². The fourth-order valence-corrected chi connectivity index (χ4v) is 1.66. The largest absolute Gasteiger partial charge is 0.497 e. The van der Waals surface area contributed by atoms with Crippen molar-refractivity contribution < 1.29 is 9.53 Å². The number of carbonyl (C=O) groups excluding carboxylic acids is 1. The van der Waals surface area contributed by atoms with E-state index >= 15 is 0 Å². The molecule has 2 aromatic carbocycles. The lowest BCUT2D eigenvalue weighted by Crippen LogP contribution is -2.21. The first-order valence-corrected chi connectivity index (χ1v) is 5.90. The van der Waals surface area contributed by atoms with Crippen molar-refractivity contribution in [2.24, 2.45) is 0 Å². The molecule has 3 nitrogen and oxygen atoms in total. The van der Waals surface area contributed by atoms with E-state index in [0.717, 1.165) is 11.3 Å². The van der Waals surface area contributed by atoms with Crippen LogP contribution in [-0.4, -0.2) is 13.0 Å². The second kappa shape index (κ2) is 5.87. The third-order valence-corrected chi connectivity index (χ3v) is 2.74. The van der Waals surface area contributed by atoms with Crippen molar-refractivity contribution in [3.05, 3.63) is 72.3 Å². The molecule has 2 aromatic rings. The molecule has 3 heteroatoms. The molecular weight excluding hydrogens is 238 g/mol. The molecule has 0 fully saturated rings. The van der Waals surface area contributed by atoms with E-state index in [9.17, 15) is 4.79 Å². The second-order valence-corrected chi connectivity index (χ2v) is 4.03. The number of hydrogen-bond donors (Lipinski definition) is 1. The molecule has 0 bridgehead atoms. The number of benzene rings is 2. The zero-order valence-corrected chi connectivity index (χ0v) is 10.7. The molecule has 0 aliphatic carbocycles. The summed E-state index contributed by atoms with van der Waals surface area (Å²) >= 11 is 0. The van der Waals surface area contributed by atoms with E-state index < -0.39 is 0 Å². The molecular formula is C16H15NO2. The first-order chi connectivity index (χ1) is 9.20. The Morgan fingerprint density at radius 1 is 1.00 bits per heavy atom. The minimum Gasteiger partial charge on any atom is -0.497 e. The fourth-order valence-electron chi connectivity index (χ4n) is 1.66. The Morgan fingerprint density at radius 3 is 2.21 bits per heavy atom. The molecule has 0 saturated carbocycles. The molecule has 0 aliphatic rings. The van der Waals surface area contributed by atoms with Gasteiger partial charge in [0.1, 0.15) is 5.75 Å². The SMILES string of the molecule is C=C(NC(=O)c1ccc(OC)cc1)c1ccccc1. The summed E-state index contributed by atoms with van der Waals surface area (Å²) in [6.07, 6.45) is 0. The zero-order chi connectivity index (χ0) is 13.7. The van der Waals surface area contributed by atoms with Gasteiger partial charge in [0.2, 0.25) is 0 Å². The maximum absolute atomic E-state index is 12.0. The van der Waals surface area contributed by atoms with Crippen LogP contribution >= 0.6 is 0 Å². The monoisotopic (exact) mass is 253 g/mol. The van der Waals surface area contributed by atoms with Gasteiger partial charge in [0, 0.05) is 11.3 Å². The lowest BCUT2D eigenvalue weighted by molar-refractivity contribution is 0.0974. The van der Waals surface area contributed by atoms with Crippen molar-refractivity contribution in [1.29, 1.82) is 0 Å². The van der Waals surface area contributed by atoms with Crippen LogP contribution in [0.1, 0.15) is 15.9 Å². The van der Waals surface area contributed by atoms with Gasteiger partial charge in [-0.05, 0) is 29.8 Å². The summed E-state index contributed by atoms with van der Waals surface area (Å²) in [7, 11) is 1.59. The van der Waals surface area contributed by atoms with Gasteiger partial charge in [0.05, 0.1) is 7.11 Å². The van der Waals surface area contributed by atoms with Gasteiger partial charge in [-0.25, -0.2) is 0 Å². The van der Waals surface area contributed by atoms with Crippen LogP contribution in [0.5, 0.6) is 5.75 Å². The van der Waals surface area contributed by atoms with E-state index in [1.165, 1.54) is 0 Å². The molecule has 0 aromatic heterocycles. The number of methoxy groups -OCH3 is 1. The van der Waals surface area contributed by atoms with Crippen LogP contribution in [-0.2, 0) is 0 Å². The van der Waals surface area contributed by atoms with Gasteiger partial charge in [-0.15, -0.1) is 0 Å². The third-order valence-electron chi connectivity index (χ3n) is 2.74. The molecule has 0 unspecified atom stereocenters. The minimum absolute atomic E-state index is 0.184. The van der Waals surface area contributed by atoms with Crippen LogP contribution in [0.25, 0.3) is 5.70 Å². The summed E-state index contributed by atoms with van der Waals surface area (Å²) in [5, 5.41) is 2.78. The summed E-state index contributed by atoms with van der Waals surface area (Å²) in [5.41, 5.74) is 2.05. The van der Waals surface area contributed by atoms with Crippen molar-refractivity contribution in [2.45, 2.75) is 0 Å². The summed E-state index contributed by atoms with van der Waals surface area (Å²) in [5.74, 6) is 0.537. The highest BCUT2D eigenvalue weighted by molar-refractivity contribution is 5.99. The molecule has 0 radical (unpaired) electrons. The van der Waals surface area contributed by atoms with Gasteiger partial charge in [0.15, 0.2) is 0 Å². The van der Waals surface area contributed by atoms with E-state index in [0.29, 0.717) is 11.3 Å². The number of amides is 1. The molecule has 0 spiro atoms. The first-order valence-electron chi connectivity index (χ1n) is 5.90. The van der Waals surface area contributed by atoms with Gasteiger partial charge >= 0.3 is 0 Å². The molecule has 0 saturated heterocycles. The van der Waals surface area contributed by atoms with E-state index in [-0.39, 0.29) is 5.91 Å². The Hall–Kier alpha value is -2.55. The van der Waals surface area contributed by atoms with Gasteiger partial charge in [-0.3, -0.25) is 4.79 Å². The number of nitrogens with one attached hydrogen (secondary N) is 1. The number of hydrogen-bond acceptors (Lipinski definition) is 2. The normalized spacial score (nSPS) is 9.74. The molecule has 1 amide bonds. The van der Waals surface area contributed by atoms with Gasteiger partial charge < -0.3 is 10.1 Å². The standard InChI is InChI=1S/C16H15NO2/c1-12(13-6-4-3-5-7-13)17-16(18)14-8-10-15(19-2)11-9-14/h3-11H,1H2,2H3,(H,17,18). The quantitative estimate of drug-likeness (QED) is 0.909. The van der Waals surface area contributed by atoms with Crippen molar-refractivity contribution in [2.75, 3.05) is 7.11 Å². The average Bonchev–Trinajstić information content (AvgIpc) is 2.48. The topological polar surface area (TPSA) is 38.3 Å². The number of ether oxygens (including phenoxy) is 1. The fraction of sp³-hybridized carbons (Fsp3) is 0.0625. The lowest BCUT2D eigenvalue weighted by Gasteiger charge is -2.08. The Labute approximate surface area is 112 Å².